The fourth-order valence-electron chi connectivity index (χ4n) is 3.72. The van der Waals surface area contributed by atoms with Crippen LogP contribution in [0.15, 0.2) is 36.4 Å². The number of nitrogens with one attached hydrogen (secondary N) is 1. The summed E-state index contributed by atoms with van der Waals surface area (Å²) in [6.45, 7) is 9.35. The van der Waals surface area contributed by atoms with Gasteiger partial charge in [0.25, 0.3) is 0 Å². The summed E-state index contributed by atoms with van der Waals surface area (Å²) in [5, 5.41) is 3.01. The van der Waals surface area contributed by atoms with Crippen LogP contribution in [0.5, 0.6) is 5.75 Å². The van der Waals surface area contributed by atoms with Gasteiger partial charge in [-0.25, -0.2) is 8.42 Å². The van der Waals surface area contributed by atoms with Crippen LogP contribution in [0.3, 0.4) is 0 Å². The molecule has 1 amide bonds. The van der Waals surface area contributed by atoms with Gasteiger partial charge in [0.2, 0.25) is 15.9 Å². The second-order valence-corrected chi connectivity index (χ2v) is 9.64. The maximum atomic E-state index is 13.1. The van der Waals surface area contributed by atoms with Gasteiger partial charge in [0.1, 0.15) is 11.8 Å². The van der Waals surface area contributed by atoms with Crippen molar-refractivity contribution in [3.05, 3.63) is 58.7 Å². The lowest BCUT2D eigenvalue weighted by atomic mass is 10.0. The molecular weight excluding hydrogens is 400 g/mol. The summed E-state index contributed by atoms with van der Waals surface area (Å²) in [7, 11) is -2.04. The number of nitrogens with zero attached hydrogens (tertiary/aromatic N) is 1. The molecule has 2 rings (SSSR count). The van der Waals surface area contributed by atoms with Gasteiger partial charge < -0.3 is 10.1 Å². The van der Waals surface area contributed by atoms with Crippen LogP contribution in [0.4, 0.5) is 5.69 Å². The van der Waals surface area contributed by atoms with Crippen molar-refractivity contribution in [2.24, 2.45) is 0 Å². The van der Waals surface area contributed by atoms with E-state index >= 15 is 0 Å². The summed E-state index contributed by atoms with van der Waals surface area (Å²) in [6, 6.07) is 10.2. The average Bonchev–Trinajstić information content (AvgIpc) is 2.63. The van der Waals surface area contributed by atoms with Gasteiger partial charge in [-0.05, 0) is 74.6 Å². The standard InChI is InChI=1S/C23H32N2O4S/c1-8-21(19-9-10-22(29-6)17(4)14-19)24-23(26)18(5)25(30(7,27)28)20-12-15(2)11-16(3)13-20/h9-14,18,21H,8H2,1-7H3,(H,24,26)/t18-,21+/m1/s1. The molecule has 0 aliphatic carbocycles. The molecule has 0 saturated heterocycles. The molecule has 0 fully saturated rings. The van der Waals surface area contributed by atoms with Gasteiger partial charge in [-0.3, -0.25) is 9.10 Å². The fraction of sp³-hybridized carbons (Fsp3) is 0.435. The molecule has 6 nitrogen and oxygen atoms in total. The smallest absolute Gasteiger partial charge is 0.244 e. The molecule has 0 bridgehead atoms. The van der Waals surface area contributed by atoms with Gasteiger partial charge in [-0.1, -0.05) is 25.1 Å². The molecule has 0 radical (unpaired) electrons. The van der Waals surface area contributed by atoms with E-state index in [4.69, 9.17) is 4.74 Å². The van der Waals surface area contributed by atoms with Gasteiger partial charge in [0.05, 0.1) is 25.1 Å². The minimum Gasteiger partial charge on any atom is -0.496 e. The Labute approximate surface area is 180 Å². The van der Waals surface area contributed by atoms with E-state index in [9.17, 15) is 13.2 Å². The zero-order chi connectivity index (χ0) is 22.6. The summed E-state index contributed by atoms with van der Waals surface area (Å²) < 4.78 is 31.6. The summed E-state index contributed by atoms with van der Waals surface area (Å²) >= 11 is 0. The highest BCUT2D eigenvalue weighted by Gasteiger charge is 2.30. The van der Waals surface area contributed by atoms with E-state index in [0.29, 0.717) is 12.1 Å². The third-order valence-corrected chi connectivity index (χ3v) is 6.34. The minimum absolute atomic E-state index is 0.231. The van der Waals surface area contributed by atoms with Crippen molar-refractivity contribution >= 4 is 21.6 Å². The lowest BCUT2D eigenvalue weighted by molar-refractivity contribution is -0.122. The van der Waals surface area contributed by atoms with E-state index in [1.165, 1.54) is 4.31 Å². The Bertz CT molecular complexity index is 998. The van der Waals surface area contributed by atoms with E-state index < -0.39 is 16.1 Å². The molecular formula is C23H32N2O4S. The number of sulfonamides is 1. The van der Waals surface area contributed by atoms with Crippen LogP contribution >= 0.6 is 0 Å². The zero-order valence-corrected chi connectivity index (χ0v) is 19.6. The number of rotatable bonds is 8. The Balaban J connectivity index is 2.33. The normalized spacial score (nSPS) is 13.4. The molecule has 1 N–H and O–H groups in total. The number of aryl methyl sites for hydroxylation is 3. The Morgan fingerprint density at radius 3 is 2.17 bits per heavy atom. The molecule has 0 saturated carbocycles. The van der Waals surface area contributed by atoms with Crippen molar-refractivity contribution in [3.8, 4) is 5.75 Å². The topological polar surface area (TPSA) is 75.7 Å². The van der Waals surface area contributed by atoms with Crippen molar-refractivity contribution < 1.29 is 17.9 Å². The second kappa shape index (κ2) is 9.51. The van der Waals surface area contributed by atoms with E-state index in [0.717, 1.165) is 34.3 Å². The molecule has 0 heterocycles. The lowest BCUT2D eigenvalue weighted by Gasteiger charge is -2.30. The molecule has 2 atom stereocenters. The minimum atomic E-state index is -3.66. The number of anilines is 1. The number of ether oxygens (including phenoxy) is 1. The number of benzene rings is 2. The first kappa shape index (κ1) is 23.7. The largest absolute Gasteiger partial charge is 0.496 e. The first-order valence-electron chi connectivity index (χ1n) is 10.0. The van der Waals surface area contributed by atoms with Crippen LogP contribution in [0.1, 0.15) is 48.6 Å². The van der Waals surface area contributed by atoms with Gasteiger partial charge in [0.15, 0.2) is 0 Å². The highest BCUT2D eigenvalue weighted by Crippen LogP contribution is 2.26. The van der Waals surface area contributed by atoms with Crippen molar-refractivity contribution in [1.82, 2.24) is 5.32 Å². The molecule has 0 unspecified atom stereocenters. The average molecular weight is 433 g/mol. The predicted molar refractivity (Wildman–Crippen MR) is 122 cm³/mol. The predicted octanol–water partition coefficient (Wildman–Crippen LogP) is 4.04. The van der Waals surface area contributed by atoms with Crippen molar-refractivity contribution in [1.29, 1.82) is 0 Å². The quantitative estimate of drug-likeness (QED) is 0.683. The van der Waals surface area contributed by atoms with Crippen molar-refractivity contribution in [3.63, 3.8) is 0 Å². The van der Waals surface area contributed by atoms with Crippen LogP contribution < -0.4 is 14.4 Å². The first-order chi connectivity index (χ1) is 14.0. The number of amides is 1. The number of methoxy groups -OCH3 is 1. The number of hydrogen-bond acceptors (Lipinski definition) is 4. The highest BCUT2D eigenvalue weighted by atomic mass is 32.2. The molecule has 164 valence electrons. The van der Waals surface area contributed by atoms with Crippen LogP contribution in [0.25, 0.3) is 0 Å². The third-order valence-electron chi connectivity index (χ3n) is 5.10. The van der Waals surface area contributed by atoms with E-state index in [1.54, 1.807) is 26.2 Å². The molecule has 2 aromatic carbocycles. The van der Waals surface area contributed by atoms with Crippen LogP contribution in [-0.2, 0) is 14.8 Å². The molecule has 0 aromatic heterocycles. The highest BCUT2D eigenvalue weighted by molar-refractivity contribution is 7.92. The first-order valence-corrected chi connectivity index (χ1v) is 11.8. The maximum Gasteiger partial charge on any atom is 0.244 e. The Hall–Kier alpha value is -2.54. The third kappa shape index (κ3) is 5.53. The Morgan fingerprint density at radius 1 is 1.10 bits per heavy atom. The second-order valence-electron chi connectivity index (χ2n) is 7.78. The van der Waals surface area contributed by atoms with Gasteiger partial charge in [0, 0.05) is 0 Å². The molecule has 0 aliphatic heterocycles. The van der Waals surface area contributed by atoms with E-state index in [-0.39, 0.29) is 11.9 Å². The Kier molecular flexibility index (Phi) is 7.53. The van der Waals surface area contributed by atoms with E-state index in [2.05, 4.69) is 5.32 Å². The molecule has 0 spiro atoms. The number of carbonyl (C=O) groups excluding carboxylic acids is 1. The van der Waals surface area contributed by atoms with Crippen LogP contribution in [0.2, 0.25) is 0 Å². The van der Waals surface area contributed by atoms with Gasteiger partial charge in [-0.15, -0.1) is 0 Å². The monoisotopic (exact) mass is 432 g/mol. The number of hydrogen-bond donors (Lipinski definition) is 1. The lowest BCUT2D eigenvalue weighted by Crippen LogP contribution is -2.48. The summed E-state index contributed by atoms with van der Waals surface area (Å²) in [6.07, 6.45) is 1.80. The SMILES string of the molecule is CC[C@H](NC(=O)[C@@H](C)N(c1cc(C)cc(C)c1)S(C)(=O)=O)c1ccc(OC)c(C)c1. The van der Waals surface area contributed by atoms with Crippen LogP contribution in [-0.4, -0.2) is 33.7 Å². The number of carbonyl (C=O) groups is 1. The molecule has 7 heteroatoms. The van der Waals surface area contributed by atoms with Crippen molar-refractivity contribution in [2.75, 3.05) is 17.7 Å². The Morgan fingerprint density at radius 2 is 1.70 bits per heavy atom. The molecule has 2 aromatic rings. The van der Waals surface area contributed by atoms with Gasteiger partial charge in [-0.2, -0.15) is 0 Å². The maximum absolute atomic E-state index is 13.1. The molecule has 0 aliphatic rings. The summed E-state index contributed by atoms with van der Waals surface area (Å²) in [5.74, 6) is 0.436. The van der Waals surface area contributed by atoms with E-state index in [1.807, 2.05) is 52.0 Å². The molecule has 30 heavy (non-hydrogen) atoms. The summed E-state index contributed by atoms with van der Waals surface area (Å²) in [4.78, 5) is 13.1. The summed E-state index contributed by atoms with van der Waals surface area (Å²) in [5.41, 5.74) is 4.29. The van der Waals surface area contributed by atoms with Crippen LogP contribution in [0, 0.1) is 20.8 Å². The zero-order valence-electron chi connectivity index (χ0n) is 18.8. The van der Waals surface area contributed by atoms with Crippen molar-refractivity contribution in [2.45, 2.75) is 53.1 Å². The fourth-order valence-corrected chi connectivity index (χ4v) is 4.88. The van der Waals surface area contributed by atoms with Gasteiger partial charge >= 0.3 is 0 Å².